The van der Waals surface area contributed by atoms with E-state index in [0.29, 0.717) is 18.1 Å². The molecule has 0 atom stereocenters. The maximum absolute atomic E-state index is 5.32. The number of rotatable bonds is 4. The van der Waals surface area contributed by atoms with E-state index in [0.717, 1.165) is 5.69 Å². The van der Waals surface area contributed by atoms with Crippen LogP contribution >= 0.6 is 0 Å². The van der Waals surface area contributed by atoms with Crippen molar-refractivity contribution in [2.75, 3.05) is 11.9 Å². The molecule has 21 heavy (non-hydrogen) atoms. The number of furan rings is 1. The van der Waals surface area contributed by atoms with Gasteiger partial charge in [0.2, 0.25) is 5.76 Å². The van der Waals surface area contributed by atoms with Gasteiger partial charge in [0, 0.05) is 18.8 Å². The largest absolute Gasteiger partial charge is 0.461 e. The molecule has 0 bridgehead atoms. The summed E-state index contributed by atoms with van der Waals surface area (Å²) in [4.78, 5) is 2.17. The molecule has 0 spiro atoms. The minimum Gasteiger partial charge on any atom is -0.461 e. The van der Waals surface area contributed by atoms with Crippen molar-refractivity contribution in [3.63, 3.8) is 0 Å². The Balaban J connectivity index is 1.77. The van der Waals surface area contributed by atoms with Crippen LogP contribution in [0.25, 0.3) is 11.5 Å². The van der Waals surface area contributed by atoms with Gasteiger partial charge in [0.05, 0.1) is 12.8 Å². The molecule has 1 aromatic carbocycles. The number of nitrogens with zero attached hydrogens (tertiary/aromatic N) is 2. The van der Waals surface area contributed by atoms with E-state index in [2.05, 4.69) is 49.2 Å². The van der Waals surface area contributed by atoms with Crippen LogP contribution in [0.2, 0.25) is 0 Å². The number of aromatic nitrogens is 1. The van der Waals surface area contributed by atoms with Gasteiger partial charge in [-0.2, -0.15) is 0 Å². The van der Waals surface area contributed by atoms with Gasteiger partial charge in [0.25, 0.3) is 0 Å². The predicted octanol–water partition coefficient (Wildman–Crippen LogP) is 4.19. The van der Waals surface area contributed by atoms with Crippen LogP contribution in [0.1, 0.15) is 16.8 Å². The minimum absolute atomic E-state index is 0.657. The molecule has 108 valence electrons. The van der Waals surface area contributed by atoms with Crippen molar-refractivity contribution in [1.29, 1.82) is 0 Å². The fourth-order valence-electron chi connectivity index (χ4n) is 2.48. The first-order valence-electron chi connectivity index (χ1n) is 6.91. The van der Waals surface area contributed by atoms with Crippen LogP contribution in [0.15, 0.2) is 51.6 Å². The average Bonchev–Trinajstić information content (AvgIpc) is 3.08. The molecule has 0 fully saturated rings. The lowest BCUT2D eigenvalue weighted by Gasteiger charge is -2.20. The molecular formula is C17H18N2O2. The van der Waals surface area contributed by atoms with Gasteiger partial charge in [0.15, 0.2) is 5.76 Å². The normalized spacial score (nSPS) is 10.8. The van der Waals surface area contributed by atoms with Crippen LogP contribution in [0.4, 0.5) is 5.69 Å². The summed E-state index contributed by atoms with van der Waals surface area (Å²) in [6.45, 7) is 4.91. The van der Waals surface area contributed by atoms with Crippen molar-refractivity contribution < 1.29 is 8.94 Å². The third-order valence-corrected chi connectivity index (χ3v) is 3.49. The summed E-state index contributed by atoms with van der Waals surface area (Å²) in [5.41, 5.74) is 4.60. The van der Waals surface area contributed by atoms with Crippen molar-refractivity contribution >= 4 is 5.69 Å². The molecule has 0 radical (unpaired) electrons. The fraction of sp³-hybridized carbons (Fsp3) is 0.235. The van der Waals surface area contributed by atoms with E-state index in [1.165, 1.54) is 16.8 Å². The molecule has 0 amide bonds. The Kier molecular flexibility index (Phi) is 3.52. The summed E-state index contributed by atoms with van der Waals surface area (Å²) in [5.74, 6) is 1.35. The zero-order valence-electron chi connectivity index (χ0n) is 12.5. The number of benzene rings is 1. The molecule has 3 aromatic rings. The summed E-state index contributed by atoms with van der Waals surface area (Å²) in [6.07, 6.45) is 1.62. The summed E-state index contributed by atoms with van der Waals surface area (Å²) in [6, 6.07) is 12.0. The van der Waals surface area contributed by atoms with Crippen molar-refractivity contribution in [3.8, 4) is 11.5 Å². The summed E-state index contributed by atoms with van der Waals surface area (Å²) in [7, 11) is 2.05. The molecule has 0 aliphatic heterocycles. The van der Waals surface area contributed by atoms with Crippen LogP contribution in [0.3, 0.4) is 0 Å². The number of hydrogen-bond acceptors (Lipinski definition) is 4. The molecular weight excluding hydrogens is 264 g/mol. The van der Waals surface area contributed by atoms with Crippen molar-refractivity contribution in [3.05, 3.63) is 59.5 Å². The van der Waals surface area contributed by atoms with Gasteiger partial charge in [-0.1, -0.05) is 22.9 Å². The first kappa shape index (κ1) is 13.5. The summed E-state index contributed by atoms with van der Waals surface area (Å²) >= 11 is 0. The van der Waals surface area contributed by atoms with Crippen LogP contribution < -0.4 is 4.90 Å². The molecule has 2 heterocycles. The minimum atomic E-state index is 0.657. The zero-order valence-corrected chi connectivity index (χ0v) is 12.5. The van der Waals surface area contributed by atoms with Crippen LogP contribution in [0, 0.1) is 13.8 Å². The van der Waals surface area contributed by atoms with Gasteiger partial charge < -0.3 is 13.8 Å². The molecule has 0 saturated carbocycles. The first-order valence-corrected chi connectivity index (χ1v) is 6.91. The van der Waals surface area contributed by atoms with Gasteiger partial charge in [-0.25, -0.2) is 0 Å². The second-order valence-corrected chi connectivity index (χ2v) is 5.31. The highest BCUT2D eigenvalue weighted by Crippen LogP contribution is 2.24. The van der Waals surface area contributed by atoms with Gasteiger partial charge in [0.1, 0.15) is 5.69 Å². The van der Waals surface area contributed by atoms with Crippen molar-refractivity contribution in [2.24, 2.45) is 0 Å². The highest BCUT2D eigenvalue weighted by Gasteiger charge is 2.12. The highest BCUT2D eigenvalue weighted by molar-refractivity contribution is 5.54. The lowest BCUT2D eigenvalue weighted by molar-refractivity contribution is 0.410. The summed E-state index contributed by atoms with van der Waals surface area (Å²) < 4.78 is 10.6. The Morgan fingerprint density at radius 2 is 1.95 bits per heavy atom. The molecule has 0 N–H and O–H groups in total. The maximum atomic E-state index is 5.32. The molecule has 0 aliphatic rings. The number of aryl methyl sites for hydroxylation is 2. The van der Waals surface area contributed by atoms with Gasteiger partial charge in [-0.15, -0.1) is 0 Å². The zero-order chi connectivity index (χ0) is 14.8. The van der Waals surface area contributed by atoms with E-state index in [-0.39, 0.29) is 0 Å². The van der Waals surface area contributed by atoms with Crippen LogP contribution in [-0.2, 0) is 6.54 Å². The highest BCUT2D eigenvalue weighted by atomic mass is 16.5. The molecule has 4 nitrogen and oxygen atoms in total. The molecule has 0 unspecified atom stereocenters. The topological polar surface area (TPSA) is 42.4 Å². The van der Waals surface area contributed by atoms with E-state index in [1.54, 1.807) is 6.26 Å². The van der Waals surface area contributed by atoms with Crippen LogP contribution in [0.5, 0.6) is 0 Å². The second-order valence-electron chi connectivity index (χ2n) is 5.31. The fourth-order valence-corrected chi connectivity index (χ4v) is 2.48. The van der Waals surface area contributed by atoms with E-state index >= 15 is 0 Å². The van der Waals surface area contributed by atoms with E-state index < -0.39 is 0 Å². The predicted molar refractivity (Wildman–Crippen MR) is 82.2 cm³/mol. The van der Waals surface area contributed by atoms with E-state index in [1.807, 2.05) is 18.2 Å². The second kappa shape index (κ2) is 5.48. The number of hydrogen-bond donors (Lipinski definition) is 0. The van der Waals surface area contributed by atoms with Gasteiger partial charge in [-0.05, 0) is 37.6 Å². The lowest BCUT2D eigenvalue weighted by Crippen LogP contribution is -2.17. The average molecular weight is 282 g/mol. The quantitative estimate of drug-likeness (QED) is 0.719. The van der Waals surface area contributed by atoms with Crippen molar-refractivity contribution in [2.45, 2.75) is 20.4 Å². The lowest BCUT2D eigenvalue weighted by atomic mass is 10.1. The Labute approximate surface area is 124 Å². The third kappa shape index (κ3) is 2.84. The molecule has 0 aliphatic carbocycles. The molecule has 0 saturated heterocycles. The van der Waals surface area contributed by atoms with Gasteiger partial charge in [-0.3, -0.25) is 0 Å². The molecule has 4 heteroatoms. The molecule has 2 aromatic heterocycles. The third-order valence-electron chi connectivity index (χ3n) is 3.49. The van der Waals surface area contributed by atoms with E-state index in [4.69, 9.17) is 8.94 Å². The maximum Gasteiger partial charge on any atom is 0.202 e. The Bertz CT molecular complexity index is 729. The Morgan fingerprint density at radius 3 is 2.67 bits per heavy atom. The smallest absolute Gasteiger partial charge is 0.202 e. The summed E-state index contributed by atoms with van der Waals surface area (Å²) in [5, 5.41) is 4.11. The monoisotopic (exact) mass is 282 g/mol. The SMILES string of the molecule is Cc1ccc(N(C)Cc2cc(-c3ccco3)on2)c(C)c1. The first-order chi connectivity index (χ1) is 10.1. The van der Waals surface area contributed by atoms with Crippen LogP contribution in [-0.4, -0.2) is 12.2 Å². The Hall–Kier alpha value is -2.49. The van der Waals surface area contributed by atoms with Crippen molar-refractivity contribution in [1.82, 2.24) is 5.16 Å². The number of anilines is 1. The molecule has 3 rings (SSSR count). The Morgan fingerprint density at radius 1 is 1.10 bits per heavy atom. The standard InChI is InChI=1S/C17H18N2O2/c1-12-6-7-15(13(2)9-12)19(3)11-14-10-17(21-18-14)16-5-4-8-20-16/h4-10H,11H2,1-3H3. The van der Waals surface area contributed by atoms with E-state index in [9.17, 15) is 0 Å². The van der Waals surface area contributed by atoms with Gasteiger partial charge >= 0.3 is 0 Å².